The number of carbonyl (C=O) groups is 1. The number of rotatable bonds is 2. The summed E-state index contributed by atoms with van der Waals surface area (Å²) in [5.74, 6) is 0.666. The normalized spacial score (nSPS) is 16.5. The van der Waals surface area contributed by atoms with Gasteiger partial charge in [0, 0.05) is 22.4 Å². The highest BCUT2D eigenvalue weighted by Gasteiger charge is 2.31. The number of halogens is 1. The number of nitrogens with zero attached hydrogens (tertiary/aromatic N) is 3. The molecule has 5 nitrogen and oxygen atoms in total. The molecule has 1 atom stereocenters. The first-order valence-electron chi connectivity index (χ1n) is 8.19. The number of thiazole rings is 1. The van der Waals surface area contributed by atoms with Crippen LogP contribution < -0.4 is 5.32 Å². The van der Waals surface area contributed by atoms with Crippen molar-refractivity contribution in [3.8, 4) is 5.13 Å². The third-order valence-corrected chi connectivity index (χ3v) is 6.30. The van der Waals surface area contributed by atoms with Gasteiger partial charge in [-0.1, -0.05) is 57.6 Å². The van der Waals surface area contributed by atoms with Gasteiger partial charge in [0.15, 0.2) is 0 Å². The smallest absolute Gasteiger partial charge is 0.226 e. The first-order chi connectivity index (χ1) is 12.7. The second kappa shape index (κ2) is 6.03. The quantitative estimate of drug-likeness (QED) is 0.506. The SMILES string of the molecule is O=C1CC(c2ccccc2Br)c2cnn(-c3nc4ccccc4s3)c2N1. The molecule has 7 heteroatoms. The Morgan fingerprint density at radius 3 is 2.77 bits per heavy atom. The number of carbonyl (C=O) groups excluding carboxylic acids is 1. The maximum Gasteiger partial charge on any atom is 0.226 e. The van der Waals surface area contributed by atoms with Crippen molar-refractivity contribution >= 4 is 49.2 Å². The van der Waals surface area contributed by atoms with Gasteiger partial charge in [0.25, 0.3) is 0 Å². The van der Waals surface area contributed by atoms with E-state index in [1.165, 1.54) is 0 Å². The average Bonchev–Trinajstić information content (AvgIpc) is 3.25. The lowest BCUT2D eigenvalue weighted by atomic mass is 9.87. The molecule has 2 aromatic carbocycles. The monoisotopic (exact) mass is 424 g/mol. The summed E-state index contributed by atoms with van der Waals surface area (Å²) in [7, 11) is 0. The van der Waals surface area contributed by atoms with E-state index in [1.807, 2.05) is 54.7 Å². The van der Waals surface area contributed by atoms with Crippen LogP contribution in [-0.4, -0.2) is 20.7 Å². The van der Waals surface area contributed by atoms with Gasteiger partial charge in [-0.3, -0.25) is 4.79 Å². The minimum atomic E-state index is -0.0301. The van der Waals surface area contributed by atoms with Crippen LogP contribution in [0.2, 0.25) is 0 Å². The van der Waals surface area contributed by atoms with Gasteiger partial charge in [-0.05, 0) is 23.8 Å². The molecular weight excluding hydrogens is 412 g/mol. The first-order valence-corrected chi connectivity index (χ1v) is 9.80. The van der Waals surface area contributed by atoms with Crippen LogP contribution in [0.4, 0.5) is 5.82 Å². The molecule has 1 amide bonds. The number of fused-ring (bicyclic) bond motifs is 2. The fourth-order valence-corrected chi connectivity index (χ4v) is 4.84. The van der Waals surface area contributed by atoms with Gasteiger partial charge in [-0.15, -0.1) is 0 Å². The van der Waals surface area contributed by atoms with E-state index in [-0.39, 0.29) is 11.8 Å². The molecule has 1 N–H and O–H groups in total. The summed E-state index contributed by atoms with van der Waals surface area (Å²) >= 11 is 5.17. The van der Waals surface area contributed by atoms with Crippen molar-refractivity contribution in [3.63, 3.8) is 0 Å². The van der Waals surface area contributed by atoms with Gasteiger partial charge in [-0.2, -0.15) is 9.78 Å². The van der Waals surface area contributed by atoms with Gasteiger partial charge in [-0.25, -0.2) is 4.98 Å². The van der Waals surface area contributed by atoms with Gasteiger partial charge >= 0.3 is 0 Å². The summed E-state index contributed by atoms with van der Waals surface area (Å²) in [4.78, 5) is 17.1. The molecule has 0 spiro atoms. The van der Waals surface area contributed by atoms with Gasteiger partial charge in [0.05, 0.1) is 16.4 Å². The summed E-state index contributed by atoms with van der Waals surface area (Å²) in [5.41, 5.74) is 3.03. The Kier molecular flexibility index (Phi) is 3.65. The summed E-state index contributed by atoms with van der Waals surface area (Å²) < 4.78 is 3.83. The Labute approximate surface area is 161 Å². The van der Waals surface area contributed by atoms with Crippen LogP contribution in [0.25, 0.3) is 15.3 Å². The van der Waals surface area contributed by atoms with E-state index in [0.717, 1.165) is 30.9 Å². The summed E-state index contributed by atoms with van der Waals surface area (Å²) in [6.45, 7) is 0. The molecule has 0 bridgehead atoms. The number of aromatic nitrogens is 3. The lowest BCUT2D eigenvalue weighted by Gasteiger charge is -2.24. The molecule has 0 fully saturated rings. The minimum absolute atomic E-state index is 0.0129. The Bertz CT molecular complexity index is 1120. The molecule has 0 saturated carbocycles. The Morgan fingerprint density at radius 2 is 1.92 bits per heavy atom. The number of nitrogens with one attached hydrogen (secondary N) is 1. The lowest BCUT2D eigenvalue weighted by molar-refractivity contribution is -0.116. The minimum Gasteiger partial charge on any atom is -0.310 e. The predicted molar refractivity (Wildman–Crippen MR) is 106 cm³/mol. The van der Waals surface area contributed by atoms with Crippen molar-refractivity contribution in [2.24, 2.45) is 0 Å². The topological polar surface area (TPSA) is 59.8 Å². The van der Waals surface area contributed by atoms with Crippen LogP contribution in [0.1, 0.15) is 23.5 Å². The summed E-state index contributed by atoms with van der Waals surface area (Å²) in [6, 6.07) is 16.0. The van der Waals surface area contributed by atoms with Crippen LogP contribution in [0, 0.1) is 0 Å². The van der Waals surface area contributed by atoms with E-state index in [0.29, 0.717) is 12.2 Å². The van der Waals surface area contributed by atoms with Gasteiger partial charge < -0.3 is 5.32 Å². The zero-order chi connectivity index (χ0) is 17.7. The first kappa shape index (κ1) is 15.7. The van der Waals surface area contributed by atoms with Crippen LogP contribution >= 0.6 is 27.3 Å². The number of hydrogen-bond acceptors (Lipinski definition) is 4. The largest absolute Gasteiger partial charge is 0.310 e. The van der Waals surface area contributed by atoms with Crippen LogP contribution in [0.5, 0.6) is 0 Å². The fourth-order valence-electron chi connectivity index (χ4n) is 3.35. The van der Waals surface area contributed by atoms with E-state index in [1.54, 1.807) is 16.0 Å². The second-order valence-corrected chi connectivity index (χ2v) is 8.01. The van der Waals surface area contributed by atoms with Crippen molar-refractivity contribution in [1.82, 2.24) is 14.8 Å². The second-order valence-electron chi connectivity index (χ2n) is 6.15. The summed E-state index contributed by atoms with van der Waals surface area (Å²) in [6.07, 6.45) is 2.24. The number of benzene rings is 2. The fraction of sp³-hybridized carbons (Fsp3) is 0.105. The molecule has 4 aromatic rings. The van der Waals surface area contributed by atoms with Crippen molar-refractivity contribution < 1.29 is 4.79 Å². The van der Waals surface area contributed by atoms with Crippen molar-refractivity contribution in [3.05, 3.63) is 70.3 Å². The lowest BCUT2D eigenvalue weighted by Crippen LogP contribution is -2.24. The number of hydrogen-bond donors (Lipinski definition) is 1. The Hall–Kier alpha value is -2.51. The number of amides is 1. The standard InChI is InChI=1S/C19H13BrN4OS/c20-14-6-2-1-5-11(14)12-9-17(25)23-18-13(12)10-21-24(18)19-22-15-7-3-4-8-16(15)26-19/h1-8,10,12H,9H2,(H,23,25). The van der Waals surface area contributed by atoms with Crippen molar-refractivity contribution in [2.45, 2.75) is 12.3 Å². The highest BCUT2D eigenvalue weighted by Crippen LogP contribution is 2.41. The van der Waals surface area contributed by atoms with E-state index in [4.69, 9.17) is 0 Å². The molecular formula is C19H13BrN4OS. The van der Waals surface area contributed by atoms with Crippen molar-refractivity contribution in [1.29, 1.82) is 0 Å². The maximum absolute atomic E-state index is 12.4. The van der Waals surface area contributed by atoms with Gasteiger partial charge in [0.2, 0.25) is 11.0 Å². The third-order valence-electron chi connectivity index (χ3n) is 4.56. The number of anilines is 1. The van der Waals surface area contributed by atoms with Crippen molar-refractivity contribution in [2.75, 3.05) is 5.32 Å². The molecule has 0 radical (unpaired) electrons. The zero-order valence-corrected chi connectivity index (χ0v) is 15.9. The predicted octanol–water partition coefficient (Wildman–Crippen LogP) is 4.72. The molecule has 128 valence electrons. The highest BCUT2D eigenvalue weighted by molar-refractivity contribution is 9.10. The Balaban J connectivity index is 1.66. The molecule has 26 heavy (non-hydrogen) atoms. The molecule has 1 unspecified atom stereocenters. The maximum atomic E-state index is 12.4. The molecule has 0 saturated heterocycles. The molecule has 5 rings (SSSR count). The molecule has 2 aromatic heterocycles. The van der Waals surface area contributed by atoms with Crippen LogP contribution in [0.3, 0.4) is 0 Å². The summed E-state index contributed by atoms with van der Waals surface area (Å²) in [5, 5.41) is 8.27. The molecule has 3 heterocycles. The van der Waals surface area contributed by atoms with Crippen LogP contribution in [-0.2, 0) is 4.79 Å². The van der Waals surface area contributed by atoms with E-state index >= 15 is 0 Å². The van der Waals surface area contributed by atoms with Gasteiger partial charge in [0.1, 0.15) is 5.82 Å². The Morgan fingerprint density at radius 1 is 1.12 bits per heavy atom. The molecule has 0 aliphatic carbocycles. The molecule has 1 aliphatic heterocycles. The highest BCUT2D eigenvalue weighted by atomic mass is 79.9. The van der Waals surface area contributed by atoms with E-state index in [2.05, 4.69) is 31.3 Å². The van der Waals surface area contributed by atoms with E-state index < -0.39 is 0 Å². The van der Waals surface area contributed by atoms with Crippen LogP contribution in [0.15, 0.2) is 59.2 Å². The third kappa shape index (κ3) is 2.47. The molecule has 1 aliphatic rings. The van der Waals surface area contributed by atoms with E-state index in [9.17, 15) is 4.79 Å². The average molecular weight is 425 g/mol. The zero-order valence-electron chi connectivity index (χ0n) is 13.5. The number of para-hydroxylation sites is 1.